The van der Waals surface area contributed by atoms with Crippen LogP contribution in [0.1, 0.15) is 162 Å². The molecule has 2 atom stereocenters. The molecule has 2 unspecified atom stereocenters. The Kier molecular flexibility index (Phi) is 31.9. The zero-order chi connectivity index (χ0) is 35.5. The van der Waals surface area contributed by atoms with E-state index < -0.39 is 24.5 Å². The van der Waals surface area contributed by atoms with Crippen LogP contribution in [0.4, 0.5) is 0 Å². The van der Waals surface area contributed by atoms with Gasteiger partial charge in [-0.05, 0) is 70.3 Å². The summed E-state index contributed by atoms with van der Waals surface area (Å²) in [6, 6.07) is -1.39. The van der Waals surface area contributed by atoms with E-state index in [0.29, 0.717) is 12.8 Å². The summed E-state index contributed by atoms with van der Waals surface area (Å²) in [4.78, 5) is 47.2. The van der Waals surface area contributed by atoms with E-state index in [9.17, 15) is 19.2 Å². The van der Waals surface area contributed by atoms with E-state index in [1.807, 2.05) is 6.08 Å². The van der Waals surface area contributed by atoms with Crippen LogP contribution in [0.25, 0.3) is 0 Å². The van der Waals surface area contributed by atoms with Gasteiger partial charge in [-0.25, -0.2) is 4.79 Å². The third kappa shape index (κ3) is 30.4. The number of aliphatic carboxylic acids is 1. The standard InChI is InChI=1S/C39H68N2O7/c1-3-5-7-9-10-11-12-13-14-15-16-17-18-19-20-21-27-31-38(45)48-34(28-24-8-6-4-2)29-25-22-23-26-30-36(43)40-32-37(44)41-35(33-42)39(46)47/h10-11,13-14,24,28,34-35,42H,3-9,12,15-23,25-27,29-33H2,1-2H3,(H,40,43)(H,41,44)(H,46,47)/b11-10-,14-13-,28-24-. The maximum absolute atomic E-state index is 12.6. The van der Waals surface area contributed by atoms with Crippen LogP contribution >= 0.6 is 0 Å². The van der Waals surface area contributed by atoms with Crippen LogP contribution in [-0.2, 0) is 23.9 Å². The molecule has 0 rings (SSSR count). The maximum atomic E-state index is 12.6. The van der Waals surface area contributed by atoms with Crippen LogP contribution in [0.5, 0.6) is 0 Å². The molecule has 0 aromatic heterocycles. The Morgan fingerprint density at radius 2 is 1.21 bits per heavy atom. The van der Waals surface area contributed by atoms with E-state index in [2.05, 4.69) is 54.9 Å². The van der Waals surface area contributed by atoms with Crippen molar-refractivity contribution in [3.63, 3.8) is 0 Å². The topological polar surface area (TPSA) is 142 Å². The molecule has 0 aliphatic carbocycles. The molecule has 0 spiro atoms. The number of carbonyl (C=O) groups is 4. The molecule has 0 aliphatic heterocycles. The van der Waals surface area contributed by atoms with Gasteiger partial charge in [0.05, 0.1) is 13.2 Å². The fourth-order valence-corrected chi connectivity index (χ4v) is 5.11. The summed E-state index contributed by atoms with van der Waals surface area (Å²) >= 11 is 0. The van der Waals surface area contributed by atoms with Crippen molar-refractivity contribution in [1.82, 2.24) is 10.6 Å². The molecule has 0 aromatic rings. The Bertz CT molecular complexity index is 916. The molecule has 0 radical (unpaired) electrons. The summed E-state index contributed by atoms with van der Waals surface area (Å²) in [6.45, 7) is 3.33. The van der Waals surface area contributed by atoms with E-state index in [0.717, 1.165) is 77.0 Å². The summed E-state index contributed by atoms with van der Waals surface area (Å²) < 4.78 is 5.82. The number of hydrogen-bond donors (Lipinski definition) is 4. The molecule has 276 valence electrons. The van der Waals surface area contributed by atoms with Gasteiger partial charge in [-0.2, -0.15) is 0 Å². The van der Waals surface area contributed by atoms with E-state index >= 15 is 0 Å². The predicted octanol–water partition coefficient (Wildman–Crippen LogP) is 8.26. The third-order valence-corrected chi connectivity index (χ3v) is 8.09. The number of carboxylic acids is 1. The fourth-order valence-electron chi connectivity index (χ4n) is 5.11. The largest absolute Gasteiger partial charge is 0.480 e. The van der Waals surface area contributed by atoms with Gasteiger partial charge < -0.3 is 25.6 Å². The first-order chi connectivity index (χ1) is 23.3. The highest BCUT2D eigenvalue weighted by Gasteiger charge is 2.18. The summed E-state index contributed by atoms with van der Waals surface area (Å²) in [5.74, 6) is -2.42. The first kappa shape index (κ1) is 45.1. The lowest BCUT2D eigenvalue weighted by molar-refractivity contribution is -0.147. The van der Waals surface area contributed by atoms with Gasteiger partial charge in [-0.1, -0.05) is 115 Å². The molecule has 9 heteroatoms. The van der Waals surface area contributed by atoms with Crippen LogP contribution in [-0.4, -0.2) is 59.3 Å². The van der Waals surface area contributed by atoms with Gasteiger partial charge in [-0.15, -0.1) is 0 Å². The lowest BCUT2D eigenvalue weighted by Crippen LogP contribution is -2.47. The van der Waals surface area contributed by atoms with Gasteiger partial charge in [0.25, 0.3) is 0 Å². The van der Waals surface area contributed by atoms with Crippen molar-refractivity contribution in [3.8, 4) is 0 Å². The van der Waals surface area contributed by atoms with Gasteiger partial charge in [-0.3, -0.25) is 14.4 Å². The number of hydrogen-bond acceptors (Lipinski definition) is 6. The third-order valence-electron chi connectivity index (χ3n) is 8.09. The molecule has 0 bridgehead atoms. The van der Waals surface area contributed by atoms with Crippen molar-refractivity contribution in [2.24, 2.45) is 0 Å². The number of carboxylic acid groups (broad SMARTS) is 1. The summed E-state index contributed by atoms with van der Waals surface area (Å²) in [6.07, 6.45) is 36.4. The first-order valence-corrected chi connectivity index (χ1v) is 18.9. The highest BCUT2D eigenvalue weighted by molar-refractivity contribution is 5.87. The minimum Gasteiger partial charge on any atom is -0.480 e. The molecule has 4 N–H and O–H groups in total. The lowest BCUT2D eigenvalue weighted by Gasteiger charge is -2.15. The normalized spacial score (nSPS) is 12.9. The average molecular weight is 677 g/mol. The van der Waals surface area contributed by atoms with Gasteiger partial charge >= 0.3 is 11.9 Å². The van der Waals surface area contributed by atoms with Crippen molar-refractivity contribution in [1.29, 1.82) is 0 Å². The van der Waals surface area contributed by atoms with E-state index in [4.69, 9.17) is 14.9 Å². The number of esters is 1. The number of nitrogens with one attached hydrogen (secondary N) is 2. The molecule has 0 saturated heterocycles. The summed E-state index contributed by atoms with van der Waals surface area (Å²) in [7, 11) is 0. The van der Waals surface area contributed by atoms with Crippen LogP contribution in [0.3, 0.4) is 0 Å². The number of carbonyl (C=O) groups excluding carboxylic acids is 3. The van der Waals surface area contributed by atoms with Gasteiger partial charge in [0.15, 0.2) is 0 Å². The van der Waals surface area contributed by atoms with Crippen molar-refractivity contribution in [3.05, 3.63) is 36.5 Å². The minimum atomic E-state index is -1.39. The van der Waals surface area contributed by atoms with Crippen molar-refractivity contribution in [2.75, 3.05) is 13.2 Å². The molecule has 48 heavy (non-hydrogen) atoms. The molecular weight excluding hydrogens is 608 g/mol. The number of rotatable bonds is 33. The second-order valence-corrected chi connectivity index (χ2v) is 12.7. The number of amides is 2. The smallest absolute Gasteiger partial charge is 0.328 e. The molecule has 9 nitrogen and oxygen atoms in total. The van der Waals surface area contributed by atoms with E-state index in [1.165, 1.54) is 51.4 Å². The molecule has 0 aliphatic rings. The van der Waals surface area contributed by atoms with Crippen LogP contribution in [0.2, 0.25) is 0 Å². The molecular formula is C39H68N2O7. The monoisotopic (exact) mass is 677 g/mol. The predicted molar refractivity (Wildman–Crippen MR) is 195 cm³/mol. The van der Waals surface area contributed by atoms with Crippen LogP contribution < -0.4 is 10.6 Å². The summed E-state index contributed by atoms with van der Waals surface area (Å²) in [5.41, 5.74) is 0. The molecule has 0 aromatic carbocycles. The molecule has 0 saturated carbocycles. The van der Waals surface area contributed by atoms with Crippen molar-refractivity contribution in [2.45, 2.75) is 174 Å². The number of allylic oxidation sites excluding steroid dienone is 5. The quantitative estimate of drug-likeness (QED) is 0.0311. The lowest BCUT2D eigenvalue weighted by atomic mass is 10.1. The molecule has 0 fully saturated rings. The Morgan fingerprint density at radius 3 is 1.83 bits per heavy atom. The van der Waals surface area contributed by atoms with Gasteiger partial charge in [0.2, 0.25) is 11.8 Å². The highest BCUT2D eigenvalue weighted by atomic mass is 16.5. The zero-order valence-electron chi connectivity index (χ0n) is 30.2. The fraction of sp³-hybridized carbons (Fsp3) is 0.744. The highest BCUT2D eigenvalue weighted by Crippen LogP contribution is 2.15. The SMILES string of the molecule is CCCC/C=C\C(CCCCCCC(=O)NCC(=O)NC(CO)C(=O)O)OC(=O)CCCCCCCCC/C=C\C/C=C\CCCCC. The van der Waals surface area contributed by atoms with Crippen molar-refractivity contribution >= 4 is 23.8 Å². The van der Waals surface area contributed by atoms with Crippen LogP contribution in [0, 0.1) is 0 Å². The number of aliphatic hydroxyl groups is 1. The Hall–Kier alpha value is -2.94. The van der Waals surface area contributed by atoms with Gasteiger partial charge in [0, 0.05) is 12.8 Å². The van der Waals surface area contributed by atoms with Crippen molar-refractivity contribution < 1.29 is 34.1 Å². The zero-order valence-corrected chi connectivity index (χ0v) is 30.2. The maximum Gasteiger partial charge on any atom is 0.328 e. The Morgan fingerprint density at radius 1 is 0.646 bits per heavy atom. The number of unbranched alkanes of at least 4 members (excludes halogenated alkanes) is 15. The second-order valence-electron chi connectivity index (χ2n) is 12.7. The number of ether oxygens (including phenoxy) is 1. The molecule has 2 amide bonds. The first-order valence-electron chi connectivity index (χ1n) is 18.9. The Labute approximate surface area is 291 Å². The van der Waals surface area contributed by atoms with E-state index in [-0.39, 0.29) is 30.9 Å². The summed E-state index contributed by atoms with van der Waals surface area (Å²) in [5, 5.41) is 22.4. The van der Waals surface area contributed by atoms with E-state index in [1.54, 1.807) is 0 Å². The average Bonchev–Trinajstić information content (AvgIpc) is 3.07. The molecule has 0 heterocycles. The minimum absolute atomic E-state index is 0.128. The van der Waals surface area contributed by atoms with Gasteiger partial charge in [0.1, 0.15) is 12.1 Å². The second kappa shape index (κ2) is 33.9. The van der Waals surface area contributed by atoms with Crippen LogP contribution in [0.15, 0.2) is 36.5 Å². The number of aliphatic hydroxyl groups excluding tert-OH is 1. The Balaban J connectivity index is 4.05.